The number of carbonyl (C=O) groups is 2. The third kappa shape index (κ3) is 3.66. The number of likely N-dealkylation sites (tertiary alicyclic amines) is 1. The number of amides is 2. The van der Waals surface area contributed by atoms with Crippen LogP contribution in [0.5, 0.6) is 0 Å². The molecule has 1 saturated heterocycles. The largest absolute Gasteiger partial charge is 0.468 e. The lowest BCUT2D eigenvalue weighted by atomic mass is 10.1. The highest BCUT2D eigenvalue weighted by Gasteiger charge is 2.37. The summed E-state index contributed by atoms with van der Waals surface area (Å²) in [5, 5.41) is 12.5. The van der Waals surface area contributed by atoms with Crippen molar-refractivity contribution in [2.45, 2.75) is 31.5 Å². The maximum absolute atomic E-state index is 12.3. The summed E-state index contributed by atoms with van der Waals surface area (Å²) in [4.78, 5) is 27.3. The molecule has 122 valence electrons. The summed E-state index contributed by atoms with van der Waals surface area (Å²) in [6, 6.07) is 2.97. The second-order valence-electron chi connectivity index (χ2n) is 5.82. The van der Waals surface area contributed by atoms with Crippen molar-refractivity contribution in [3.05, 3.63) is 24.2 Å². The number of carbonyl (C=O) groups excluding carboxylic acids is 2. The van der Waals surface area contributed by atoms with Crippen LogP contribution in [0.2, 0.25) is 0 Å². The molecule has 1 aliphatic heterocycles. The van der Waals surface area contributed by atoms with E-state index < -0.39 is 12.1 Å². The third-order valence-electron chi connectivity index (χ3n) is 3.95. The van der Waals surface area contributed by atoms with E-state index in [0.29, 0.717) is 6.54 Å². The van der Waals surface area contributed by atoms with Gasteiger partial charge in [0.15, 0.2) is 0 Å². The number of hydrogen-bond donors (Lipinski definition) is 2. The minimum Gasteiger partial charge on any atom is -0.468 e. The van der Waals surface area contributed by atoms with Gasteiger partial charge in [-0.05, 0) is 26.2 Å². The molecule has 2 rings (SSSR count). The standard InChI is InChI=1S/C15H23N3O4/c1-10(19)18-9-11(20)7-12(18)15(21)16-8-13(17(2)3)14-5-4-6-22-14/h4-6,11-13,20H,7-9H2,1-3H3,(H,16,21)/t11-,12+,13?/m0/s1. The Morgan fingerprint density at radius 2 is 2.27 bits per heavy atom. The molecule has 2 amide bonds. The van der Waals surface area contributed by atoms with Crippen LogP contribution < -0.4 is 5.32 Å². The molecule has 1 aromatic heterocycles. The van der Waals surface area contributed by atoms with Crippen LogP contribution in [0.15, 0.2) is 22.8 Å². The van der Waals surface area contributed by atoms with Gasteiger partial charge in [0, 0.05) is 26.4 Å². The van der Waals surface area contributed by atoms with Crippen molar-refractivity contribution in [3.63, 3.8) is 0 Å². The van der Waals surface area contributed by atoms with E-state index in [1.807, 2.05) is 25.1 Å². The van der Waals surface area contributed by atoms with Crippen LogP contribution in [0.4, 0.5) is 0 Å². The normalized spacial score (nSPS) is 22.9. The fraction of sp³-hybridized carbons (Fsp3) is 0.600. The maximum atomic E-state index is 12.3. The highest BCUT2D eigenvalue weighted by molar-refractivity contribution is 5.87. The molecule has 2 N–H and O–H groups in total. The summed E-state index contributed by atoms with van der Waals surface area (Å²) in [5.74, 6) is 0.317. The number of β-amino-alcohol motifs (C(OH)–C–C–N with tert-alkyl or cyclic N) is 1. The number of aliphatic hydroxyl groups excluding tert-OH is 1. The van der Waals surface area contributed by atoms with E-state index in [1.165, 1.54) is 11.8 Å². The number of nitrogens with zero attached hydrogens (tertiary/aromatic N) is 2. The molecule has 0 bridgehead atoms. The van der Waals surface area contributed by atoms with E-state index >= 15 is 0 Å². The van der Waals surface area contributed by atoms with E-state index in [0.717, 1.165) is 5.76 Å². The summed E-state index contributed by atoms with van der Waals surface area (Å²) in [7, 11) is 3.81. The fourth-order valence-corrected chi connectivity index (χ4v) is 2.74. The fourth-order valence-electron chi connectivity index (χ4n) is 2.74. The first-order valence-corrected chi connectivity index (χ1v) is 7.33. The van der Waals surface area contributed by atoms with E-state index in [-0.39, 0.29) is 30.8 Å². The lowest BCUT2D eigenvalue weighted by molar-refractivity contribution is -0.137. The Morgan fingerprint density at radius 1 is 1.55 bits per heavy atom. The molecule has 1 unspecified atom stereocenters. The summed E-state index contributed by atoms with van der Waals surface area (Å²) >= 11 is 0. The van der Waals surface area contributed by atoms with Crippen molar-refractivity contribution >= 4 is 11.8 Å². The minimum absolute atomic E-state index is 0.0870. The van der Waals surface area contributed by atoms with Crippen molar-refractivity contribution < 1.29 is 19.1 Å². The summed E-state index contributed by atoms with van der Waals surface area (Å²) < 4.78 is 5.39. The van der Waals surface area contributed by atoms with Gasteiger partial charge in [0.25, 0.3) is 0 Å². The SMILES string of the molecule is CC(=O)N1C[C@@H](O)C[C@@H]1C(=O)NCC(c1ccco1)N(C)C. The number of furan rings is 1. The molecule has 1 aliphatic rings. The van der Waals surface area contributed by atoms with Gasteiger partial charge in [-0.15, -0.1) is 0 Å². The monoisotopic (exact) mass is 309 g/mol. The second kappa shape index (κ2) is 6.93. The molecule has 1 aromatic rings. The van der Waals surface area contributed by atoms with E-state index in [4.69, 9.17) is 4.42 Å². The van der Waals surface area contributed by atoms with Gasteiger partial charge in [-0.2, -0.15) is 0 Å². The molecular formula is C15H23N3O4. The molecule has 0 aromatic carbocycles. The molecule has 22 heavy (non-hydrogen) atoms. The van der Waals surface area contributed by atoms with Crippen molar-refractivity contribution in [1.29, 1.82) is 0 Å². The maximum Gasteiger partial charge on any atom is 0.242 e. The van der Waals surface area contributed by atoms with Gasteiger partial charge in [-0.3, -0.25) is 14.5 Å². The Hall–Kier alpha value is -1.86. The van der Waals surface area contributed by atoms with Crippen LogP contribution in [0.3, 0.4) is 0 Å². The molecule has 0 saturated carbocycles. The van der Waals surface area contributed by atoms with E-state index in [1.54, 1.807) is 12.3 Å². The van der Waals surface area contributed by atoms with Crippen molar-refractivity contribution in [2.24, 2.45) is 0 Å². The third-order valence-corrected chi connectivity index (χ3v) is 3.95. The average Bonchev–Trinajstić information content (AvgIpc) is 3.07. The molecule has 0 radical (unpaired) electrons. The van der Waals surface area contributed by atoms with Crippen molar-refractivity contribution in [2.75, 3.05) is 27.2 Å². The molecular weight excluding hydrogens is 286 g/mol. The zero-order valence-corrected chi connectivity index (χ0v) is 13.2. The molecule has 0 spiro atoms. The lowest BCUT2D eigenvalue weighted by Gasteiger charge is -2.25. The predicted octanol–water partition coefficient (Wildman–Crippen LogP) is -0.0198. The van der Waals surface area contributed by atoms with Gasteiger partial charge >= 0.3 is 0 Å². The van der Waals surface area contributed by atoms with Crippen LogP contribution >= 0.6 is 0 Å². The Kier molecular flexibility index (Phi) is 5.20. The quantitative estimate of drug-likeness (QED) is 0.798. The molecule has 7 heteroatoms. The summed E-state index contributed by atoms with van der Waals surface area (Å²) in [6.45, 7) is 1.99. The molecule has 2 heterocycles. The van der Waals surface area contributed by atoms with Gasteiger partial charge in [-0.1, -0.05) is 0 Å². The van der Waals surface area contributed by atoms with Crippen LogP contribution in [0.1, 0.15) is 25.1 Å². The first-order chi connectivity index (χ1) is 10.4. The lowest BCUT2D eigenvalue weighted by Crippen LogP contribution is -2.47. The van der Waals surface area contributed by atoms with E-state index in [9.17, 15) is 14.7 Å². The number of nitrogens with one attached hydrogen (secondary N) is 1. The average molecular weight is 309 g/mol. The van der Waals surface area contributed by atoms with Gasteiger partial charge in [0.1, 0.15) is 11.8 Å². The second-order valence-corrected chi connectivity index (χ2v) is 5.82. The molecule has 3 atom stereocenters. The summed E-state index contributed by atoms with van der Waals surface area (Å²) in [6.07, 6.45) is 1.23. The minimum atomic E-state index is -0.644. The van der Waals surface area contributed by atoms with Crippen LogP contribution in [-0.4, -0.2) is 66.1 Å². The summed E-state index contributed by atoms with van der Waals surface area (Å²) in [5.41, 5.74) is 0. The van der Waals surface area contributed by atoms with E-state index in [2.05, 4.69) is 5.32 Å². The van der Waals surface area contributed by atoms with Crippen LogP contribution in [-0.2, 0) is 9.59 Å². The van der Waals surface area contributed by atoms with Gasteiger partial charge in [0.05, 0.1) is 18.4 Å². The topological polar surface area (TPSA) is 86.0 Å². The number of rotatable bonds is 5. The van der Waals surface area contributed by atoms with Crippen molar-refractivity contribution in [3.8, 4) is 0 Å². The molecule has 0 aliphatic carbocycles. The highest BCUT2D eigenvalue weighted by Crippen LogP contribution is 2.20. The zero-order chi connectivity index (χ0) is 16.3. The van der Waals surface area contributed by atoms with Gasteiger partial charge in [-0.25, -0.2) is 0 Å². The zero-order valence-electron chi connectivity index (χ0n) is 13.2. The number of aliphatic hydroxyl groups is 1. The van der Waals surface area contributed by atoms with Crippen LogP contribution in [0.25, 0.3) is 0 Å². The Morgan fingerprint density at radius 3 is 2.82 bits per heavy atom. The van der Waals surface area contributed by atoms with Gasteiger partial charge in [0.2, 0.25) is 11.8 Å². The first kappa shape index (κ1) is 16.5. The van der Waals surface area contributed by atoms with Crippen molar-refractivity contribution in [1.82, 2.24) is 15.1 Å². The smallest absolute Gasteiger partial charge is 0.242 e. The Balaban J connectivity index is 1.98. The predicted molar refractivity (Wildman–Crippen MR) is 79.9 cm³/mol. The van der Waals surface area contributed by atoms with Crippen LogP contribution in [0, 0.1) is 0 Å². The number of hydrogen-bond acceptors (Lipinski definition) is 5. The van der Waals surface area contributed by atoms with Gasteiger partial charge < -0.3 is 19.7 Å². The highest BCUT2D eigenvalue weighted by atomic mass is 16.3. The first-order valence-electron chi connectivity index (χ1n) is 7.33. The molecule has 1 fully saturated rings. The molecule has 7 nitrogen and oxygen atoms in total. The Labute approximate surface area is 129 Å². The number of likely N-dealkylation sites (N-methyl/N-ethyl adjacent to an activating group) is 1. The Bertz CT molecular complexity index is 515.